The van der Waals surface area contributed by atoms with Gasteiger partial charge in [-0.15, -0.1) is 0 Å². The summed E-state index contributed by atoms with van der Waals surface area (Å²) >= 11 is 6.11. The molecule has 0 fully saturated rings. The number of halogens is 1. The SMILES string of the molecule is Cc1ccc(NC(=O)c2cc(Nc3cccc4cccnc34)ncn2)cc1Cl. The van der Waals surface area contributed by atoms with Crippen LogP contribution in [0.5, 0.6) is 0 Å². The molecule has 2 aromatic heterocycles. The number of hydrogen-bond acceptors (Lipinski definition) is 5. The Hall–Kier alpha value is -3.51. The van der Waals surface area contributed by atoms with E-state index < -0.39 is 0 Å². The molecule has 4 rings (SSSR count). The standard InChI is InChI=1S/C21H16ClN5O/c1-13-7-8-15(10-16(13)22)26-21(28)18-11-19(25-12-24-18)27-17-6-2-4-14-5-3-9-23-20(14)17/h2-12H,1H3,(H,26,28)(H,24,25,27). The minimum atomic E-state index is -0.346. The van der Waals surface area contributed by atoms with E-state index in [-0.39, 0.29) is 11.6 Å². The lowest BCUT2D eigenvalue weighted by atomic mass is 10.2. The molecular formula is C21H16ClN5O. The molecular weight excluding hydrogens is 374 g/mol. The number of pyridine rings is 1. The highest BCUT2D eigenvalue weighted by Gasteiger charge is 2.11. The monoisotopic (exact) mass is 389 g/mol. The Bertz CT molecular complexity index is 1170. The third kappa shape index (κ3) is 3.77. The maximum atomic E-state index is 12.5. The number of rotatable bonds is 4. The Morgan fingerprint density at radius 1 is 1.00 bits per heavy atom. The summed E-state index contributed by atoms with van der Waals surface area (Å²) in [6.07, 6.45) is 3.08. The number of anilines is 3. The van der Waals surface area contributed by atoms with Gasteiger partial charge in [-0.25, -0.2) is 9.97 Å². The van der Waals surface area contributed by atoms with Crippen LogP contribution in [0.25, 0.3) is 10.9 Å². The molecule has 2 heterocycles. The van der Waals surface area contributed by atoms with Crippen LogP contribution in [-0.2, 0) is 0 Å². The van der Waals surface area contributed by atoms with Crippen molar-refractivity contribution in [1.29, 1.82) is 0 Å². The summed E-state index contributed by atoms with van der Waals surface area (Å²) in [6.45, 7) is 1.90. The molecule has 0 aliphatic heterocycles. The highest BCUT2D eigenvalue weighted by atomic mass is 35.5. The normalized spacial score (nSPS) is 10.6. The summed E-state index contributed by atoms with van der Waals surface area (Å²) < 4.78 is 0. The molecule has 0 saturated carbocycles. The van der Waals surface area contributed by atoms with E-state index in [1.165, 1.54) is 6.33 Å². The van der Waals surface area contributed by atoms with Gasteiger partial charge in [0.25, 0.3) is 5.91 Å². The van der Waals surface area contributed by atoms with Crippen molar-refractivity contribution in [1.82, 2.24) is 15.0 Å². The number of nitrogens with one attached hydrogen (secondary N) is 2. The molecule has 2 aromatic carbocycles. The predicted molar refractivity (Wildman–Crippen MR) is 111 cm³/mol. The zero-order valence-electron chi connectivity index (χ0n) is 15.0. The number of hydrogen-bond donors (Lipinski definition) is 2. The Balaban J connectivity index is 1.57. The lowest BCUT2D eigenvalue weighted by molar-refractivity contribution is 0.102. The largest absolute Gasteiger partial charge is 0.338 e. The first kappa shape index (κ1) is 17.9. The summed E-state index contributed by atoms with van der Waals surface area (Å²) in [5, 5.41) is 7.60. The van der Waals surface area contributed by atoms with E-state index >= 15 is 0 Å². The Morgan fingerprint density at radius 3 is 2.71 bits per heavy atom. The number of aryl methyl sites for hydroxylation is 1. The Kier molecular flexibility index (Phi) is 4.87. The van der Waals surface area contributed by atoms with Gasteiger partial charge in [-0.2, -0.15) is 0 Å². The fourth-order valence-electron chi connectivity index (χ4n) is 2.76. The van der Waals surface area contributed by atoms with E-state index in [2.05, 4.69) is 25.6 Å². The summed E-state index contributed by atoms with van der Waals surface area (Å²) in [7, 11) is 0. The van der Waals surface area contributed by atoms with Crippen LogP contribution in [0.15, 0.2) is 67.1 Å². The first-order chi connectivity index (χ1) is 13.6. The van der Waals surface area contributed by atoms with Gasteiger partial charge in [0.1, 0.15) is 17.8 Å². The minimum absolute atomic E-state index is 0.238. The molecule has 0 radical (unpaired) electrons. The number of fused-ring (bicyclic) bond motifs is 1. The van der Waals surface area contributed by atoms with Gasteiger partial charge in [0.05, 0.1) is 11.2 Å². The first-order valence-corrected chi connectivity index (χ1v) is 8.98. The molecule has 138 valence electrons. The number of amides is 1. The third-order valence-electron chi connectivity index (χ3n) is 4.22. The molecule has 6 nitrogen and oxygen atoms in total. The van der Waals surface area contributed by atoms with Crippen molar-refractivity contribution in [3.63, 3.8) is 0 Å². The van der Waals surface area contributed by atoms with Gasteiger partial charge in [-0.3, -0.25) is 9.78 Å². The molecule has 28 heavy (non-hydrogen) atoms. The summed E-state index contributed by atoms with van der Waals surface area (Å²) in [5.74, 6) is 0.154. The molecule has 0 atom stereocenters. The zero-order chi connectivity index (χ0) is 19.5. The average Bonchev–Trinajstić information content (AvgIpc) is 2.71. The van der Waals surface area contributed by atoms with Crippen LogP contribution in [0, 0.1) is 6.92 Å². The van der Waals surface area contributed by atoms with Gasteiger partial charge in [0.2, 0.25) is 0 Å². The molecule has 7 heteroatoms. The lowest BCUT2D eigenvalue weighted by Gasteiger charge is -2.10. The predicted octanol–water partition coefficient (Wildman–Crippen LogP) is 4.98. The van der Waals surface area contributed by atoms with Crippen molar-refractivity contribution in [2.45, 2.75) is 6.92 Å². The zero-order valence-corrected chi connectivity index (χ0v) is 15.7. The van der Waals surface area contributed by atoms with Crippen LogP contribution in [0.1, 0.15) is 16.1 Å². The van der Waals surface area contributed by atoms with Crippen molar-refractivity contribution in [2.24, 2.45) is 0 Å². The quantitative estimate of drug-likeness (QED) is 0.514. The van der Waals surface area contributed by atoms with Gasteiger partial charge in [-0.1, -0.05) is 35.9 Å². The fraction of sp³-hybridized carbons (Fsp3) is 0.0476. The van der Waals surface area contributed by atoms with Crippen LogP contribution in [0.3, 0.4) is 0 Å². The molecule has 2 N–H and O–H groups in total. The van der Waals surface area contributed by atoms with Crippen molar-refractivity contribution in [3.8, 4) is 0 Å². The van der Waals surface area contributed by atoms with Crippen molar-refractivity contribution >= 4 is 45.6 Å². The van der Waals surface area contributed by atoms with E-state index in [0.29, 0.717) is 16.5 Å². The van der Waals surface area contributed by atoms with Crippen LogP contribution in [0.4, 0.5) is 17.2 Å². The summed E-state index contributed by atoms with van der Waals surface area (Å²) in [6, 6.07) is 16.6. The number of carbonyl (C=O) groups is 1. The van der Waals surface area contributed by atoms with Crippen LogP contribution >= 0.6 is 11.6 Å². The maximum Gasteiger partial charge on any atom is 0.274 e. The van der Waals surface area contributed by atoms with Crippen molar-refractivity contribution in [3.05, 3.63) is 83.4 Å². The van der Waals surface area contributed by atoms with Crippen LogP contribution in [-0.4, -0.2) is 20.9 Å². The summed E-state index contributed by atoms with van der Waals surface area (Å²) in [5.41, 5.74) is 3.41. The van der Waals surface area contributed by atoms with Gasteiger partial charge in [0.15, 0.2) is 0 Å². The average molecular weight is 390 g/mol. The molecule has 0 bridgehead atoms. The maximum absolute atomic E-state index is 12.5. The molecule has 0 aliphatic rings. The Labute approximate surface area is 166 Å². The van der Waals surface area contributed by atoms with Gasteiger partial charge >= 0.3 is 0 Å². The number of carbonyl (C=O) groups excluding carboxylic acids is 1. The second-order valence-corrected chi connectivity index (χ2v) is 6.62. The fourth-order valence-corrected chi connectivity index (χ4v) is 2.94. The van der Waals surface area contributed by atoms with Crippen molar-refractivity contribution in [2.75, 3.05) is 10.6 Å². The van der Waals surface area contributed by atoms with Gasteiger partial charge in [0, 0.05) is 28.4 Å². The third-order valence-corrected chi connectivity index (χ3v) is 4.63. The summed E-state index contributed by atoms with van der Waals surface area (Å²) in [4.78, 5) is 25.2. The van der Waals surface area contributed by atoms with E-state index in [9.17, 15) is 4.79 Å². The number of benzene rings is 2. The minimum Gasteiger partial charge on any atom is -0.338 e. The van der Waals surface area contributed by atoms with Crippen molar-refractivity contribution < 1.29 is 4.79 Å². The number of nitrogens with zero attached hydrogens (tertiary/aromatic N) is 3. The molecule has 0 spiro atoms. The van der Waals surface area contributed by atoms with Gasteiger partial charge in [-0.05, 0) is 36.8 Å². The second kappa shape index (κ2) is 7.62. The first-order valence-electron chi connectivity index (χ1n) is 8.60. The van der Waals surface area contributed by atoms with E-state index in [4.69, 9.17) is 11.6 Å². The molecule has 0 aliphatic carbocycles. The second-order valence-electron chi connectivity index (χ2n) is 6.21. The molecule has 1 amide bonds. The topological polar surface area (TPSA) is 79.8 Å². The lowest BCUT2D eigenvalue weighted by Crippen LogP contribution is -2.14. The van der Waals surface area contributed by atoms with E-state index in [0.717, 1.165) is 22.2 Å². The van der Waals surface area contributed by atoms with E-state index in [1.54, 1.807) is 24.4 Å². The highest BCUT2D eigenvalue weighted by Crippen LogP contribution is 2.24. The molecule has 4 aromatic rings. The number of para-hydroxylation sites is 1. The Morgan fingerprint density at radius 2 is 1.86 bits per heavy atom. The number of aromatic nitrogens is 3. The van der Waals surface area contributed by atoms with Gasteiger partial charge < -0.3 is 10.6 Å². The molecule has 0 saturated heterocycles. The smallest absolute Gasteiger partial charge is 0.274 e. The highest BCUT2D eigenvalue weighted by molar-refractivity contribution is 6.31. The van der Waals surface area contributed by atoms with Crippen LogP contribution < -0.4 is 10.6 Å². The van der Waals surface area contributed by atoms with E-state index in [1.807, 2.05) is 43.3 Å². The van der Waals surface area contributed by atoms with Crippen LogP contribution in [0.2, 0.25) is 5.02 Å². The molecule has 0 unspecified atom stereocenters.